The van der Waals surface area contributed by atoms with Gasteiger partial charge in [-0.2, -0.15) is 0 Å². The molecule has 0 radical (unpaired) electrons. The molecule has 4 aromatic rings. The van der Waals surface area contributed by atoms with E-state index in [2.05, 4.69) is 9.97 Å². The topological polar surface area (TPSA) is 77.0 Å². The second kappa shape index (κ2) is 8.48. The molecule has 2 aromatic carbocycles. The quantitative estimate of drug-likeness (QED) is 0.401. The molecule has 2 unspecified atom stereocenters. The van der Waals surface area contributed by atoms with Gasteiger partial charge in [-0.3, -0.25) is 14.8 Å². The van der Waals surface area contributed by atoms with Crippen LogP contribution in [0.3, 0.4) is 0 Å². The van der Waals surface area contributed by atoms with Gasteiger partial charge in [0.2, 0.25) is 0 Å². The molecule has 0 aliphatic heterocycles. The van der Waals surface area contributed by atoms with E-state index in [0.29, 0.717) is 16.5 Å². The molecular formula is C26H21FN2O3S. The van der Waals surface area contributed by atoms with Gasteiger partial charge in [-0.05, 0) is 53.8 Å². The molecule has 1 fully saturated rings. The van der Waals surface area contributed by atoms with E-state index >= 15 is 0 Å². The second-order valence-corrected chi connectivity index (χ2v) is 10.4. The number of carbonyl (C=O) groups excluding carboxylic acids is 1. The molecule has 166 valence electrons. The maximum Gasteiger partial charge on any atom is 0.184 e. The summed E-state index contributed by atoms with van der Waals surface area (Å²) >= 11 is 0. The van der Waals surface area contributed by atoms with Crippen molar-refractivity contribution in [2.45, 2.75) is 29.4 Å². The Balaban J connectivity index is 1.25. The third-order valence-electron chi connectivity index (χ3n) is 6.09. The van der Waals surface area contributed by atoms with Gasteiger partial charge in [0, 0.05) is 35.5 Å². The number of halogens is 1. The Kier molecular flexibility index (Phi) is 5.50. The van der Waals surface area contributed by atoms with Crippen molar-refractivity contribution in [3.8, 4) is 0 Å². The van der Waals surface area contributed by atoms with Crippen molar-refractivity contribution in [3.63, 3.8) is 0 Å². The monoisotopic (exact) mass is 460 g/mol. The molecule has 5 rings (SSSR count). The van der Waals surface area contributed by atoms with Gasteiger partial charge in [-0.15, -0.1) is 0 Å². The number of pyridine rings is 2. The molecule has 7 heteroatoms. The number of rotatable bonds is 7. The van der Waals surface area contributed by atoms with Gasteiger partial charge in [0.15, 0.2) is 9.84 Å². The number of carbonyl (C=O) groups is 1. The van der Waals surface area contributed by atoms with Crippen molar-refractivity contribution >= 4 is 26.4 Å². The summed E-state index contributed by atoms with van der Waals surface area (Å²) in [5, 5.41) is 1.17. The predicted octanol–water partition coefficient (Wildman–Crippen LogP) is 4.66. The lowest BCUT2D eigenvalue weighted by molar-refractivity contribution is -0.119. The van der Waals surface area contributed by atoms with E-state index in [1.807, 2.05) is 6.07 Å². The average Bonchev–Trinajstić information content (AvgIpc) is 3.61. The van der Waals surface area contributed by atoms with E-state index in [0.717, 1.165) is 17.5 Å². The van der Waals surface area contributed by atoms with Gasteiger partial charge < -0.3 is 0 Å². The van der Waals surface area contributed by atoms with Crippen LogP contribution < -0.4 is 0 Å². The van der Waals surface area contributed by atoms with Crippen LogP contribution in [-0.4, -0.2) is 24.2 Å². The first-order valence-corrected chi connectivity index (χ1v) is 12.3. The van der Waals surface area contributed by atoms with Crippen LogP contribution >= 0.6 is 0 Å². The normalized spacial score (nSPS) is 17.7. The molecule has 0 saturated heterocycles. The smallest absolute Gasteiger partial charge is 0.184 e. The van der Waals surface area contributed by atoms with Gasteiger partial charge in [0.25, 0.3) is 0 Å². The number of benzene rings is 2. The zero-order chi connectivity index (χ0) is 23.0. The zero-order valence-electron chi connectivity index (χ0n) is 17.7. The van der Waals surface area contributed by atoms with Crippen LogP contribution in [0.25, 0.3) is 10.8 Å². The Labute approximate surface area is 191 Å². The fourth-order valence-electron chi connectivity index (χ4n) is 4.22. The first-order chi connectivity index (χ1) is 15.9. The number of sulfone groups is 1. The summed E-state index contributed by atoms with van der Waals surface area (Å²) in [7, 11) is -3.49. The summed E-state index contributed by atoms with van der Waals surface area (Å²) < 4.78 is 39.3. The Hall–Kier alpha value is -3.45. The lowest BCUT2D eigenvalue weighted by Crippen LogP contribution is -2.07. The number of fused-ring (bicyclic) bond motifs is 1. The minimum atomic E-state index is -3.49. The maximum atomic E-state index is 14.0. The number of aromatic nitrogens is 2. The summed E-state index contributed by atoms with van der Waals surface area (Å²) in [5.74, 6) is -0.449. The molecule has 2 aromatic heterocycles. The Morgan fingerprint density at radius 2 is 1.85 bits per heavy atom. The molecule has 0 bridgehead atoms. The summed E-state index contributed by atoms with van der Waals surface area (Å²) in [5.41, 5.74) is 2.24. The molecule has 1 aliphatic rings. The molecular weight excluding hydrogens is 439 g/mol. The predicted molar refractivity (Wildman–Crippen MR) is 123 cm³/mol. The lowest BCUT2D eigenvalue weighted by atomic mass is 10.0. The first kappa shape index (κ1) is 21.4. The fourth-order valence-corrected chi connectivity index (χ4v) is 5.50. The maximum absolute atomic E-state index is 14.0. The molecule has 0 spiro atoms. The molecule has 2 heterocycles. The number of ketones is 1. The van der Waals surface area contributed by atoms with Crippen molar-refractivity contribution in [2.24, 2.45) is 5.92 Å². The van der Waals surface area contributed by atoms with Gasteiger partial charge in [-0.25, -0.2) is 12.8 Å². The standard InChI is InChI=1S/C26H21FN2O3S/c27-25-15-28-14-19-5-4-17(11-23(19)25)12-26(30)24-13-22(24)18-6-8-21(9-7-18)33(31,32)16-20-3-1-2-10-29-20/h1-11,14-15,22,24H,12-13,16H2. The van der Waals surface area contributed by atoms with Gasteiger partial charge in [-0.1, -0.05) is 30.3 Å². The van der Waals surface area contributed by atoms with Gasteiger partial charge in [0.05, 0.1) is 22.5 Å². The van der Waals surface area contributed by atoms with E-state index < -0.39 is 15.7 Å². The SMILES string of the molecule is O=C(Cc1ccc2cncc(F)c2c1)C1CC1c1ccc(S(=O)(=O)Cc2ccccn2)cc1. The largest absolute Gasteiger partial charge is 0.299 e. The average molecular weight is 461 g/mol. The van der Waals surface area contributed by atoms with Crippen LogP contribution in [0.2, 0.25) is 0 Å². The first-order valence-electron chi connectivity index (χ1n) is 10.7. The lowest BCUT2D eigenvalue weighted by Gasteiger charge is -2.07. The fraction of sp³-hybridized carbons (Fsp3) is 0.192. The van der Waals surface area contributed by atoms with Gasteiger partial charge >= 0.3 is 0 Å². The minimum Gasteiger partial charge on any atom is -0.299 e. The van der Waals surface area contributed by atoms with Crippen molar-refractivity contribution in [2.75, 3.05) is 0 Å². The number of hydrogen-bond donors (Lipinski definition) is 0. The Morgan fingerprint density at radius 3 is 2.61 bits per heavy atom. The third kappa shape index (κ3) is 4.54. The number of nitrogens with zero attached hydrogens (tertiary/aromatic N) is 2. The number of hydrogen-bond acceptors (Lipinski definition) is 5. The van der Waals surface area contributed by atoms with Crippen molar-refractivity contribution in [1.29, 1.82) is 0 Å². The van der Waals surface area contributed by atoms with Crippen LogP contribution in [0.15, 0.2) is 84.1 Å². The van der Waals surface area contributed by atoms with Gasteiger partial charge in [0.1, 0.15) is 11.6 Å². The van der Waals surface area contributed by atoms with E-state index in [1.165, 1.54) is 6.20 Å². The van der Waals surface area contributed by atoms with Crippen molar-refractivity contribution in [3.05, 3.63) is 102 Å². The third-order valence-corrected chi connectivity index (χ3v) is 7.76. The molecule has 2 atom stereocenters. The molecule has 0 amide bonds. The molecule has 33 heavy (non-hydrogen) atoms. The zero-order valence-corrected chi connectivity index (χ0v) is 18.5. The highest BCUT2D eigenvalue weighted by atomic mass is 32.2. The second-order valence-electron chi connectivity index (χ2n) is 8.42. The van der Waals surface area contributed by atoms with Crippen LogP contribution in [0.1, 0.15) is 29.2 Å². The highest BCUT2D eigenvalue weighted by molar-refractivity contribution is 7.90. The number of Topliss-reactive ketones (excluding diaryl/α,β-unsaturated/α-hetero) is 1. The highest BCUT2D eigenvalue weighted by Gasteiger charge is 2.43. The molecule has 5 nitrogen and oxygen atoms in total. The summed E-state index contributed by atoms with van der Waals surface area (Å²) in [6.45, 7) is 0. The van der Waals surface area contributed by atoms with Crippen LogP contribution in [0.5, 0.6) is 0 Å². The molecule has 1 saturated carbocycles. The summed E-state index contributed by atoms with van der Waals surface area (Å²) in [4.78, 5) is 21.0. The summed E-state index contributed by atoms with van der Waals surface area (Å²) in [6, 6.07) is 17.3. The minimum absolute atomic E-state index is 0.0893. The van der Waals surface area contributed by atoms with E-state index in [4.69, 9.17) is 0 Å². The van der Waals surface area contributed by atoms with Crippen LogP contribution in [0, 0.1) is 11.7 Å². The molecule has 0 N–H and O–H groups in total. The Morgan fingerprint density at radius 1 is 1.03 bits per heavy atom. The Bertz CT molecular complexity index is 1440. The highest BCUT2D eigenvalue weighted by Crippen LogP contribution is 2.48. The van der Waals surface area contributed by atoms with Crippen LogP contribution in [-0.2, 0) is 26.8 Å². The van der Waals surface area contributed by atoms with Crippen molar-refractivity contribution < 1.29 is 17.6 Å². The van der Waals surface area contributed by atoms with E-state index in [9.17, 15) is 17.6 Å². The van der Waals surface area contributed by atoms with E-state index in [1.54, 1.807) is 67.0 Å². The van der Waals surface area contributed by atoms with Crippen LogP contribution in [0.4, 0.5) is 4.39 Å². The van der Waals surface area contributed by atoms with Crippen molar-refractivity contribution in [1.82, 2.24) is 9.97 Å². The molecule has 1 aliphatic carbocycles. The van der Waals surface area contributed by atoms with E-state index in [-0.39, 0.29) is 34.7 Å². The summed E-state index contributed by atoms with van der Waals surface area (Å²) in [6.07, 6.45) is 5.33.